The molecular weight excluding hydrogens is 416 g/mol. The highest BCUT2D eigenvalue weighted by Gasteiger charge is 2.28. The molecular formula is C20H22N8O2S. The number of aryl methyl sites for hydroxylation is 1. The van der Waals surface area contributed by atoms with Gasteiger partial charge in [-0.3, -0.25) is 0 Å². The molecule has 0 bridgehead atoms. The Hall–Kier alpha value is -3.34. The monoisotopic (exact) mass is 438 g/mol. The van der Waals surface area contributed by atoms with Crippen molar-refractivity contribution in [3.05, 3.63) is 58.6 Å². The van der Waals surface area contributed by atoms with Crippen LogP contribution in [0.15, 0.2) is 46.6 Å². The first-order valence-electron chi connectivity index (χ1n) is 10.3. The third-order valence-electron chi connectivity index (χ3n) is 5.28. The zero-order valence-corrected chi connectivity index (χ0v) is 17.9. The summed E-state index contributed by atoms with van der Waals surface area (Å²) < 4.78 is 13.1. The second-order valence-electron chi connectivity index (χ2n) is 7.29. The molecule has 4 aromatic rings. The number of ether oxygens (including phenoxy) is 1. The van der Waals surface area contributed by atoms with Crippen LogP contribution >= 0.6 is 11.3 Å². The number of thiazole rings is 1. The third-order valence-corrected chi connectivity index (χ3v) is 6.30. The summed E-state index contributed by atoms with van der Waals surface area (Å²) in [5.74, 6) is 1.86. The van der Waals surface area contributed by atoms with Crippen LogP contribution in [0.4, 0.5) is 6.01 Å². The van der Waals surface area contributed by atoms with Crippen LogP contribution in [-0.4, -0.2) is 48.4 Å². The topological polar surface area (TPSA) is 108 Å². The highest BCUT2D eigenvalue weighted by Crippen LogP contribution is 2.33. The maximum atomic E-state index is 6.16. The molecule has 3 aromatic heterocycles. The molecule has 5 rings (SSSR count). The molecule has 1 aromatic carbocycles. The fourth-order valence-corrected chi connectivity index (χ4v) is 4.59. The van der Waals surface area contributed by atoms with Gasteiger partial charge >= 0.3 is 6.01 Å². The van der Waals surface area contributed by atoms with Crippen LogP contribution in [-0.2, 0) is 6.42 Å². The molecule has 0 radical (unpaired) electrons. The minimum absolute atomic E-state index is 0.384. The lowest BCUT2D eigenvalue weighted by atomic mass is 9.98. The number of hydrogen-bond acceptors (Lipinski definition) is 10. The van der Waals surface area contributed by atoms with Gasteiger partial charge in [-0.15, -0.1) is 16.4 Å². The van der Waals surface area contributed by atoms with E-state index < -0.39 is 6.23 Å². The zero-order chi connectivity index (χ0) is 21.0. The van der Waals surface area contributed by atoms with Crippen LogP contribution in [0.3, 0.4) is 0 Å². The van der Waals surface area contributed by atoms with E-state index in [1.54, 1.807) is 22.3 Å². The van der Waals surface area contributed by atoms with Crippen LogP contribution in [0.5, 0.6) is 5.75 Å². The molecule has 160 valence electrons. The van der Waals surface area contributed by atoms with E-state index in [0.29, 0.717) is 11.9 Å². The van der Waals surface area contributed by atoms with Gasteiger partial charge in [-0.05, 0) is 35.4 Å². The molecule has 1 atom stereocenters. The van der Waals surface area contributed by atoms with E-state index in [9.17, 15) is 0 Å². The van der Waals surface area contributed by atoms with E-state index in [4.69, 9.17) is 14.2 Å². The smallest absolute Gasteiger partial charge is 0.324 e. The Morgan fingerprint density at radius 3 is 2.74 bits per heavy atom. The first-order chi connectivity index (χ1) is 15.3. The number of anilines is 1. The van der Waals surface area contributed by atoms with Crippen molar-refractivity contribution in [2.45, 2.75) is 38.3 Å². The van der Waals surface area contributed by atoms with Gasteiger partial charge in [0.15, 0.2) is 5.82 Å². The lowest BCUT2D eigenvalue weighted by Crippen LogP contribution is -2.33. The third kappa shape index (κ3) is 4.26. The maximum absolute atomic E-state index is 6.16. The van der Waals surface area contributed by atoms with Crippen molar-refractivity contribution in [3.63, 3.8) is 0 Å². The van der Waals surface area contributed by atoms with Crippen LogP contribution in [0.2, 0.25) is 0 Å². The molecule has 0 amide bonds. The zero-order valence-electron chi connectivity index (χ0n) is 17.0. The normalized spacial score (nSPS) is 15.8. The van der Waals surface area contributed by atoms with E-state index >= 15 is 0 Å². The summed E-state index contributed by atoms with van der Waals surface area (Å²) in [6.07, 6.45) is 3.75. The van der Waals surface area contributed by atoms with E-state index in [0.717, 1.165) is 54.6 Å². The van der Waals surface area contributed by atoms with Crippen LogP contribution in [0, 0.1) is 0 Å². The molecule has 1 aliphatic rings. The van der Waals surface area contributed by atoms with E-state index in [2.05, 4.69) is 30.6 Å². The predicted octanol–water partition coefficient (Wildman–Crippen LogP) is 3.08. The summed E-state index contributed by atoms with van der Waals surface area (Å²) in [4.78, 5) is 11.5. The van der Waals surface area contributed by atoms with Crippen molar-refractivity contribution in [1.82, 2.24) is 35.3 Å². The molecule has 1 aliphatic heterocycles. The van der Waals surface area contributed by atoms with Crippen molar-refractivity contribution in [1.29, 1.82) is 0 Å². The average Bonchev–Trinajstić information content (AvgIpc) is 3.60. The van der Waals surface area contributed by atoms with Gasteiger partial charge in [0.25, 0.3) is 0 Å². The lowest BCUT2D eigenvalue weighted by molar-refractivity contribution is 0.152. The molecule has 11 heteroatoms. The van der Waals surface area contributed by atoms with Gasteiger partial charge in [0.05, 0.1) is 5.01 Å². The van der Waals surface area contributed by atoms with E-state index in [-0.39, 0.29) is 0 Å². The number of piperidine rings is 1. The Balaban J connectivity index is 1.29. The molecule has 1 saturated heterocycles. The number of tetrazole rings is 1. The van der Waals surface area contributed by atoms with Crippen LogP contribution in [0.25, 0.3) is 0 Å². The molecule has 4 heterocycles. The molecule has 1 unspecified atom stereocenters. The largest absolute Gasteiger partial charge is 0.463 e. The van der Waals surface area contributed by atoms with Gasteiger partial charge in [0.1, 0.15) is 17.8 Å². The Labute approximate surface area is 182 Å². The second-order valence-corrected chi connectivity index (χ2v) is 8.18. The highest BCUT2D eigenvalue weighted by atomic mass is 32.1. The number of hydrogen-bond donors (Lipinski definition) is 0. The number of para-hydroxylation sites is 1. The fraction of sp³-hybridized carbons (Fsp3) is 0.400. The van der Waals surface area contributed by atoms with Crippen molar-refractivity contribution < 1.29 is 9.26 Å². The summed E-state index contributed by atoms with van der Waals surface area (Å²) in [5, 5.41) is 18.7. The summed E-state index contributed by atoms with van der Waals surface area (Å²) in [6, 6.07) is 10.2. The number of rotatable bonds is 7. The van der Waals surface area contributed by atoms with Gasteiger partial charge in [-0.25, -0.2) is 4.98 Å². The van der Waals surface area contributed by atoms with Crippen molar-refractivity contribution in [2.75, 3.05) is 18.0 Å². The molecule has 1 fully saturated rings. The first kappa shape index (κ1) is 19.6. The molecule has 0 aliphatic carbocycles. The molecule has 0 N–H and O–H groups in total. The maximum Gasteiger partial charge on any atom is 0.324 e. The van der Waals surface area contributed by atoms with Crippen molar-refractivity contribution in [3.8, 4) is 5.75 Å². The minimum Gasteiger partial charge on any atom is -0.463 e. The molecule has 0 spiro atoms. The molecule has 31 heavy (non-hydrogen) atoms. The summed E-state index contributed by atoms with van der Waals surface area (Å²) >= 11 is 1.65. The first-order valence-corrected chi connectivity index (χ1v) is 11.1. The number of benzene rings is 1. The van der Waals surface area contributed by atoms with Crippen molar-refractivity contribution in [2.24, 2.45) is 0 Å². The van der Waals surface area contributed by atoms with Gasteiger partial charge in [0.2, 0.25) is 6.23 Å². The van der Waals surface area contributed by atoms with Crippen molar-refractivity contribution >= 4 is 17.4 Å². The van der Waals surface area contributed by atoms with E-state index in [1.807, 2.05) is 42.6 Å². The van der Waals surface area contributed by atoms with Gasteiger partial charge in [-0.1, -0.05) is 30.3 Å². The van der Waals surface area contributed by atoms with Gasteiger partial charge in [-0.2, -0.15) is 9.67 Å². The Morgan fingerprint density at radius 1 is 1.19 bits per heavy atom. The summed E-state index contributed by atoms with van der Waals surface area (Å²) in [6.45, 7) is 3.74. The highest BCUT2D eigenvalue weighted by molar-refractivity contribution is 7.09. The lowest BCUT2D eigenvalue weighted by Gasteiger charge is -2.29. The molecule has 0 saturated carbocycles. The fourth-order valence-electron chi connectivity index (χ4n) is 3.59. The summed E-state index contributed by atoms with van der Waals surface area (Å²) in [5.41, 5.74) is 0.795. The van der Waals surface area contributed by atoms with Gasteiger partial charge < -0.3 is 14.2 Å². The summed E-state index contributed by atoms with van der Waals surface area (Å²) in [7, 11) is 0. The van der Waals surface area contributed by atoms with Crippen LogP contribution < -0.4 is 9.64 Å². The SMILES string of the molecule is CCc1noc(N2CCC(c3nc(C(Oc4ccccc4)n4cnnn4)cs3)CC2)n1. The second kappa shape index (κ2) is 8.80. The Bertz CT molecular complexity index is 1090. The van der Waals surface area contributed by atoms with Gasteiger partial charge in [0, 0.05) is 30.8 Å². The quantitative estimate of drug-likeness (QED) is 0.430. The molecule has 10 nitrogen and oxygen atoms in total. The van der Waals surface area contributed by atoms with E-state index in [1.165, 1.54) is 0 Å². The number of nitrogens with zero attached hydrogens (tertiary/aromatic N) is 8. The Morgan fingerprint density at radius 2 is 2.03 bits per heavy atom. The minimum atomic E-state index is -0.520. The number of aromatic nitrogens is 7. The standard InChI is InChI=1S/C20H22N8O2S/c1-2-17-23-20(30-24-17)27-10-8-14(9-11-27)18-22-16(12-31-18)19(28-13-21-25-26-28)29-15-6-4-3-5-7-15/h3-7,12-14,19H,2,8-11H2,1H3. The predicted molar refractivity (Wildman–Crippen MR) is 113 cm³/mol. The van der Waals surface area contributed by atoms with Crippen LogP contribution in [0.1, 0.15) is 48.4 Å². The average molecular weight is 439 g/mol. The Kier molecular flexibility index (Phi) is 5.57.